The average molecular weight is 634 g/mol. The number of nitrogens with one attached hydrogen (secondary N) is 1. The first-order valence-electron chi connectivity index (χ1n) is 16.5. The number of hydrogen-bond acceptors (Lipinski definition) is 5. The van der Waals surface area contributed by atoms with Crippen LogP contribution in [0.1, 0.15) is 87.4 Å². The number of halogens is 3. The summed E-state index contributed by atoms with van der Waals surface area (Å²) in [7, 11) is 0. The average Bonchev–Trinajstić information content (AvgIpc) is 3.37. The van der Waals surface area contributed by atoms with E-state index in [0.717, 1.165) is 69.2 Å². The molecule has 1 aromatic heterocycles. The Bertz CT molecular complexity index is 1590. The summed E-state index contributed by atoms with van der Waals surface area (Å²) in [6.45, 7) is 3.53. The quantitative estimate of drug-likeness (QED) is 0.255. The monoisotopic (exact) mass is 633 g/mol. The lowest BCUT2D eigenvalue weighted by Gasteiger charge is -2.33. The number of anilines is 1. The Morgan fingerprint density at radius 3 is 2.52 bits per heavy atom. The van der Waals surface area contributed by atoms with Gasteiger partial charge in [-0.25, -0.2) is 4.98 Å². The number of allylic oxidation sites excluding steroid dienone is 6. The van der Waals surface area contributed by atoms with E-state index in [0.29, 0.717) is 35.9 Å². The molecule has 2 aromatic carbocycles. The van der Waals surface area contributed by atoms with Gasteiger partial charge >= 0.3 is 12.1 Å². The van der Waals surface area contributed by atoms with Crippen molar-refractivity contribution in [3.8, 4) is 5.75 Å². The summed E-state index contributed by atoms with van der Waals surface area (Å²) in [4.78, 5) is 19.5. The molecule has 9 heteroatoms. The molecular formula is C37H42F3N3O3. The highest BCUT2D eigenvalue weighted by atomic mass is 19.4. The van der Waals surface area contributed by atoms with E-state index in [4.69, 9.17) is 9.15 Å². The first kappa shape index (κ1) is 32.0. The van der Waals surface area contributed by atoms with Gasteiger partial charge in [0.15, 0.2) is 5.58 Å². The molecule has 2 aliphatic carbocycles. The van der Waals surface area contributed by atoms with Crippen molar-refractivity contribution in [3.05, 3.63) is 89.4 Å². The number of carbonyl (C=O) groups is 1. The van der Waals surface area contributed by atoms with Crippen molar-refractivity contribution in [2.75, 3.05) is 18.0 Å². The second kappa shape index (κ2) is 14.2. The first-order chi connectivity index (χ1) is 22.2. The van der Waals surface area contributed by atoms with Crippen LogP contribution in [-0.4, -0.2) is 36.1 Å². The number of benzene rings is 2. The van der Waals surface area contributed by atoms with Crippen molar-refractivity contribution in [3.63, 3.8) is 0 Å². The zero-order valence-electron chi connectivity index (χ0n) is 26.3. The molecule has 6 nitrogen and oxygen atoms in total. The fourth-order valence-corrected chi connectivity index (χ4v) is 6.73. The predicted molar refractivity (Wildman–Crippen MR) is 174 cm³/mol. The highest BCUT2D eigenvalue weighted by Crippen LogP contribution is 2.33. The Balaban J connectivity index is 0.940. The summed E-state index contributed by atoms with van der Waals surface area (Å²) >= 11 is 0. The van der Waals surface area contributed by atoms with E-state index in [1.165, 1.54) is 36.1 Å². The Morgan fingerprint density at radius 1 is 1.02 bits per heavy atom. The molecule has 0 bridgehead atoms. The zero-order valence-corrected chi connectivity index (χ0v) is 26.3. The highest BCUT2D eigenvalue weighted by Gasteiger charge is 2.31. The Kier molecular flexibility index (Phi) is 9.85. The molecule has 1 saturated heterocycles. The normalized spacial score (nSPS) is 21.1. The number of aromatic nitrogens is 1. The summed E-state index contributed by atoms with van der Waals surface area (Å²) in [6.07, 6.45) is 14.9. The molecule has 3 aliphatic rings. The third-order valence-corrected chi connectivity index (χ3v) is 9.47. The fourth-order valence-electron chi connectivity index (χ4n) is 6.73. The van der Waals surface area contributed by atoms with Gasteiger partial charge in [0, 0.05) is 43.7 Å². The van der Waals surface area contributed by atoms with E-state index < -0.39 is 11.7 Å². The van der Waals surface area contributed by atoms with Gasteiger partial charge in [0.25, 0.3) is 5.89 Å². The molecule has 0 radical (unpaired) electrons. The maximum absolute atomic E-state index is 13.0. The van der Waals surface area contributed by atoms with Gasteiger partial charge in [0.05, 0.1) is 5.56 Å². The van der Waals surface area contributed by atoms with Crippen LogP contribution in [0.15, 0.2) is 82.3 Å². The van der Waals surface area contributed by atoms with E-state index in [1.807, 2.05) is 6.07 Å². The van der Waals surface area contributed by atoms with Crippen molar-refractivity contribution < 1.29 is 27.1 Å². The summed E-state index contributed by atoms with van der Waals surface area (Å²) in [6, 6.07) is 10.8. The summed E-state index contributed by atoms with van der Waals surface area (Å²) < 4.78 is 50.7. The molecule has 244 valence electrons. The molecule has 0 atom stereocenters. The molecule has 0 unspecified atom stereocenters. The first-order valence-corrected chi connectivity index (χ1v) is 16.5. The van der Waals surface area contributed by atoms with Crippen LogP contribution in [0.4, 0.5) is 18.9 Å². The molecule has 0 spiro atoms. The number of fused-ring (bicyclic) bond motifs is 1. The Morgan fingerprint density at radius 2 is 1.78 bits per heavy atom. The van der Waals surface area contributed by atoms with Crippen LogP contribution in [0.2, 0.25) is 0 Å². The molecule has 3 aromatic rings. The van der Waals surface area contributed by atoms with Crippen LogP contribution in [-0.2, 0) is 6.18 Å². The van der Waals surface area contributed by atoms with Crippen molar-refractivity contribution >= 4 is 22.7 Å². The SMILES string of the molecule is CC1=CC=C(CCCC2CCC(NC(=O)c3nc4ccc(OC5CCN(c6ccc(C(F)(F)F)cc6)CC5)cc4o3)CC2)C=CC1. The van der Waals surface area contributed by atoms with Crippen LogP contribution in [0.5, 0.6) is 5.75 Å². The zero-order chi connectivity index (χ0) is 32.1. The number of nitrogens with zero attached hydrogens (tertiary/aromatic N) is 2. The summed E-state index contributed by atoms with van der Waals surface area (Å²) in [5, 5.41) is 3.13. The van der Waals surface area contributed by atoms with Gasteiger partial charge in [-0.2, -0.15) is 13.2 Å². The minimum atomic E-state index is -4.34. The van der Waals surface area contributed by atoms with Gasteiger partial charge in [-0.3, -0.25) is 4.79 Å². The van der Waals surface area contributed by atoms with Crippen molar-refractivity contribution in [2.45, 2.75) is 89.5 Å². The van der Waals surface area contributed by atoms with E-state index >= 15 is 0 Å². The smallest absolute Gasteiger partial charge is 0.416 e. The van der Waals surface area contributed by atoms with Crippen molar-refractivity contribution in [2.24, 2.45) is 5.92 Å². The van der Waals surface area contributed by atoms with Crippen molar-refractivity contribution in [1.82, 2.24) is 10.3 Å². The molecule has 1 aliphatic heterocycles. The minimum Gasteiger partial charge on any atom is -0.490 e. The van der Waals surface area contributed by atoms with Gasteiger partial charge in [0.1, 0.15) is 17.4 Å². The van der Waals surface area contributed by atoms with Crippen molar-refractivity contribution in [1.29, 1.82) is 0 Å². The van der Waals surface area contributed by atoms with E-state index in [2.05, 4.69) is 46.4 Å². The lowest BCUT2D eigenvalue weighted by Crippen LogP contribution is -2.38. The molecule has 6 rings (SSSR count). The number of piperidine rings is 1. The Hall–Kier alpha value is -4.01. The molecule has 1 amide bonds. The fraction of sp³-hybridized carbons (Fsp3) is 0.459. The maximum Gasteiger partial charge on any atom is 0.416 e. The number of rotatable bonds is 9. The third-order valence-electron chi connectivity index (χ3n) is 9.47. The molecule has 1 saturated carbocycles. The third kappa shape index (κ3) is 8.22. The second-order valence-corrected chi connectivity index (χ2v) is 12.9. The van der Waals surface area contributed by atoms with Gasteiger partial charge in [0.2, 0.25) is 0 Å². The van der Waals surface area contributed by atoms with Gasteiger partial charge in [-0.05, 0) is 99.8 Å². The number of ether oxygens (including phenoxy) is 1. The number of alkyl halides is 3. The standard InChI is InChI=1S/C37H42F3N3O3/c1-25-4-2-5-26(9-8-25)6-3-7-27-10-14-29(15-11-27)41-35(44)36-42-33-19-18-32(24-34(33)46-36)45-31-20-22-43(23-21-31)30-16-12-28(13-17-30)37(38,39)40/h2,5,8-9,12-13,16-19,24,27,29,31H,3-4,6-7,10-11,14-15,20-23H2,1H3,(H,41,44). The van der Waals surface area contributed by atoms with Gasteiger partial charge in [-0.1, -0.05) is 36.3 Å². The van der Waals surface area contributed by atoms with Gasteiger partial charge < -0.3 is 19.4 Å². The topological polar surface area (TPSA) is 67.6 Å². The van der Waals surface area contributed by atoms with Crippen LogP contribution < -0.4 is 15.0 Å². The molecule has 2 fully saturated rings. The van der Waals surface area contributed by atoms with Crippen LogP contribution in [0.3, 0.4) is 0 Å². The molecule has 1 N–H and O–H groups in total. The number of amides is 1. The Labute approximate surface area is 268 Å². The largest absolute Gasteiger partial charge is 0.490 e. The van der Waals surface area contributed by atoms with E-state index in [-0.39, 0.29) is 23.9 Å². The number of carbonyl (C=O) groups excluding carboxylic acids is 1. The van der Waals surface area contributed by atoms with Gasteiger partial charge in [-0.15, -0.1) is 0 Å². The van der Waals surface area contributed by atoms with E-state index in [9.17, 15) is 18.0 Å². The predicted octanol–water partition coefficient (Wildman–Crippen LogP) is 9.19. The van der Waals surface area contributed by atoms with E-state index in [1.54, 1.807) is 12.1 Å². The molecule has 2 heterocycles. The van der Waals surface area contributed by atoms with Crippen LogP contribution in [0.25, 0.3) is 11.1 Å². The van der Waals surface area contributed by atoms with Crippen LogP contribution in [0, 0.1) is 5.92 Å². The minimum absolute atomic E-state index is 0.0314. The lowest BCUT2D eigenvalue weighted by molar-refractivity contribution is -0.137. The lowest BCUT2D eigenvalue weighted by atomic mass is 9.83. The van der Waals surface area contributed by atoms with Crippen LogP contribution >= 0.6 is 0 Å². The number of hydrogen-bond donors (Lipinski definition) is 1. The second-order valence-electron chi connectivity index (χ2n) is 12.9. The highest BCUT2D eigenvalue weighted by molar-refractivity contribution is 5.92. The molecule has 46 heavy (non-hydrogen) atoms. The number of oxazole rings is 1. The summed E-state index contributed by atoms with van der Waals surface area (Å²) in [5.74, 6) is 1.13. The summed E-state index contributed by atoms with van der Waals surface area (Å²) in [5.41, 5.74) is 4.04. The molecular weight excluding hydrogens is 591 g/mol. The maximum atomic E-state index is 13.0.